The van der Waals surface area contributed by atoms with Gasteiger partial charge in [0.1, 0.15) is 0 Å². The van der Waals surface area contributed by atoms with Gasteiger partial charge in [-0.15, -0.1) is 0 Å². The second-order valence-electron chi connectivity index (χ2n) is 4.20. The van der Waals surface area contributed by atoms with E-state index < -0.39 is 11.6 Å². The van der Waals surface area contributed by atoms with Crippen molar-refractivity contribution in [3.05, 3.63) is 35.9 Å². The van der Waals surface area contributed by atoms with Crippen LogP contribution >= 0.6 is 0 Å². The van der Waals surface area contributed by atoms with Crippen LogP contribution in [0.3, 0.4) is 0 Å². The zero-order chi connectivity index (χ0) is 12.2. The van der Waals surface area contributed by atoms with Crippen LogP contribution in [0.5, 0.6) is 0 Å². The van der Waals surface area contributed by atoms with Crippen molar-refractivity contribution in [3.63, 3.8) is 0 Å². The topological polar surface area (TPSA) is 57.5 Å². The molecule has 88 valence electrons. The van der Waals surface area contributed by atoms with E-state index in [0.29, 0.717) is 6.42 Å². The van der Waals surface area contributed by atoms with Gasteiger partial charge in [0.15, 0.2) is 5.60 Å². The van der Waals surface area contributed by atoms with Gasteiger partial charge in [-0.25, -0.2) is 4.79 Å². The van der Waals surface area contributed by atoms with Gasteiger partial charge in [0.05, 0.1) is 0 Å². The normalized spacial score (nSPS) is 16.4. The fourth-order valence-electron chi connectivity index (χ4n) is 1.90. The first kappa shape index (κ1) is 12.7. The first-order chi connectivity index (χ1) is 7.50. The van der Waals surface area contributed by atoms with E-state index in [4.69, 9.17) is 5.11 Å². The van der Waals surface area contributed by atoms with Crippen LogP contribution in [0.1, 0.15) is 38.2 Å². The van der Waals surface area contributed by atoms with Crippen molar-refractivity contribution in [2.24, 2.45) is 0 Å². The van der Waals surface area contributed by atoms with Crippen LogP contribution < -0.4 is 0 Å². The van der Waals surface area contributed by atoms with Gasteiger partial charge in [0.25, 0.3) is 0 Å². The molecule has 0 aliphatic carbocycles. The molecular formula is C13H18O3. The highest BCUT2D eigenvalue weighted by Crippen LogP contribution is 2.32. The van der Waals surface area contributed by atoms with Gasteiger partial charge in [-0.3, -0.25) is 0 Å². The predicted molar refractivity (Wildman–Crippen MR) is 62.4 cm³/mol. The van der Waals surface area contributed by atoms with Crippen molar-refractivity contribution in [2.75, 3.05) is 0 Å². The Kier molecular flexibility index (Phi) is 4.07. The first-order valence-corrected chi connectivity index (χ1v) is 5.50. The quantitative estimate of drug-likeness (QED) is 0.804. The summed E-state index contributed by atoms with van der Waals surface area (Å²) in [6, 6.07) is 9.31. The summed E-state index contributed by atoms with van der Waals surface area (Å²) in [6.07, 6.45) is 1.49. The Morgan fingerprint density at radius 1 is 1.38 bits per heavy atom. The van der Waals surface area contributed by atoms with Crippen LogP contribution in [0.2, 0.25) is 0 Å². The minimum absolute atomic E-state index is 0.365. The number of carbonyl (C=O) groups is 1. The van der Waals surface area contributed by atoms with E-state index >= 15 is 0 Å². The molecule has 1 rings (SSSR count). The Hall–Kier alpha value is -1.35. The fourth-order valence-corrected chi connectivity index (χ4v) is 1.90. The molecule has 0 aliphatic heterocycles. The molecule has 16 heavy (non-hydrogen) atoms. The second-order valence-corrected chi connectivity index (χ2v) is 4.20. The van der Waals surface area contributed by atoms with Gasteiger partial charge < -0.3 is 10.2 Å². The molecule has 3 nitrogen and oxygen atoms in total. The van der Waals surface area contributed by atoms with Crippen LogP contribution in [0.4, 0.5) is 0 Å². The molecule has 2 unspecified atom stereocenters. The number of aliphatic hydroxyl groups is 1. The highest BCUT2D eigenvalue weighted by atomic mass is 16.4. The first-order valence-electron chi connectivity index (χ1n) is 5.50. The molecule has 0 saturated heterocycles. The maximum absolute atomic E-state index is 11.1. The van der Waals surface area contributed by atoms with E-state index in [1.165, 1.54) is 6.92 Å². The lowest BCUT2D eigenvalue weighted by atomic mass is 9.80. The molecule has 0 bridgehead atoms. The molecule has 0 amide bonds. The zero-order valence-electron chi connectivity index (χ0n) is 9.68. The number of carboxylic acid groups (broad SMARTS) is 1. The third-order valence-electron chi connectivity index (χ3n) is 2.89. The number of hydrogen-bond acceptors (Lipinski definition) is 2. The average molecular weight is 222 g/mol. The monoisotopic (exact) mass is 222 g/mol. The van der Waals surface area contributed by atoms with Gasteiger partial charge >= 0.3 is 5.97 Å². The Morgan fingerprint density at radius 2 is 1.94 bits per heavy atom. The average Bonchev–Trinajstić information content (AvgIpc) is 2.26. The predicted octanol–water partition coefficient (Wildman–Crippen LogP) is 2.41. The maximum Gasteiger partial charge on any atom is 0.336 e. The maximum atomic E-state index is 11.1. The Bertz CT molecular complexity index is 343. The summed E-state index contributed by atoms with van der Waals surface area (Å²) in [5.41, 5.74) is -0.839. The standard InChI is InChI=1S/C13H18O3/c1-3-7-11(13(2,16)12(14)15)10-8-5-4-6-9-10/h4-6,8-9,11,16H,3,7H2,1-2H3,(H,14,15). The minimum atomic E-state index is -1.71. The molecule has 0 aliphatic rings. The molecule has 0 saturated carbocycles. The molecule has 0 fully saturated rings. The number of rotatable bonds is 5. The largest absolute Gasteiger partial charge is 0.479 e. The lowest BCUT2D eigenvalue weighted by Crippen LogP contribution is -2.41. The highest BCUT2D eigenvalue weighted by Gasteiger charge is 2.39. The Labute approximate surface area is 95.7 Å². The summed E-state index contributed by atoms with van der Waals surface area (Å²) < 4.78 is 0. The smallest absolute Gasteiger partial charge is 0.336 e. The Morgan fingerprint density at radius 3 is 2.38 bits per heavy atom. The molecule has 3 heteroatoms. The van der Waals surface area contributed by atoms with Crippen LogP contribution in [0.25, 0.3) is 0 Å². The minimum Gasteiger partial charge on any atom is -0.479 e. The summed E-state index contributed by atoms with van der Waals surface area (Å²) in [5, 5.41) is 19.1. The number of benzene rings is 1. The van der Waals surface area contributed by atoms with Crippen LogP contribution in [0, 0.1) is 0 Å². The molecule has 0 aromatic heterocycles. The van der Waals surface area contributed by atoms with E-state index in [-0.39, 0.29) is 5.92 Å². The lowest BCUT2D eigenvalue weighted by molar-refractivity contribution is -0.159. The molecule has 0 heterocycles. The molecule has 0 spiro atoms. The molecular weight excluding hydrogens is 204 g/mol. The van der Waals surface area contributed by atoms with E-state index in [1.54, 1.807) is 0 Å². The van der Waals surface area contributed by atoms with E-state index in [1.807, 2.05) is 37.3 Å². The second kappa shape index (κ2) is 5.12. The van der Waals surface area contributed by atoms with Crippen molar-refractivity contribution in [1.29, 1.82) is 0 Å². The lowest BCUT2D eigenvalue weighted by Gasteiger charge is -2.29. The van der Waals surface area contributed by atoms with Gasteiger partial charge in [-0.05, 0) is 18.9 Å². The summed E-state index contributed by atoms with van der Waals surface area (Å²) in [7, 11) is 0. The molecule has 0 radical (unpaired) electrons. The number of hydrogen-bond donors (Lipinski definition) is 2. The SMILES string of the molecule is CCCC(c1ccccc1)C(C)(O)C(=O)O. The zero-order valence-corrected chi connectivity index (χ0v) is 9.68. The third-order valence-corrected chi connectivity index (χ3v) is 2.89. The van der Waals surface area contributed by atoms with Crippen LogP contribution in [0.15, 0.2) is 30.3 Å². The van der Waals surface area contributed by atoms with E-state index in [9.17, 15) is 9.90 Å². The fraction of sp³-hybridized carbons (Fsp3) is 0.462. The van der Waals surface area contributed by atoms with Crippen molar-refractivity contribution < 1.29 is 15.0 Å². The van der Waals surface area contributed by atoms with Crippen LogP contribution in [-0.4, -0.2) is 21.8 Å². The third kappa shape index (κ3) is 2.61. The molecule has 2 atom stereocenters. The molecule has 1 aromatic carbocycles. The summed E-state index contributed by atoms with van der Waals surface area (Å²) >= 11 is 0. The molecule has 1 aromatic rings. The summed E-state index contributed by atoms with van der Waals surface area (Å²) in [6.45, 7) is 3.34. The van der Waals surface area contributed by atoms with Gasteiger partial charge in [0, 0.05) is 5.92 Å². The van der Waals surface area contributed by atoms with Gasteiger partial charge in [-0.1, -0.05) is 43.7 Å². The van der Waals surface area contributed by atoms with Crippen molar-refractivity contribution in [2.45, 2.75) is 38.2 Å². The van der Waals surface area contributed by atoms with Crippen molar-refractivity contribution >= 4 is 5.97 Å². The summed E-state index contributed by atoms with van der Waals surface area (Å²) in [4.78, 5) is 11.1. The molecule has 2 N–H and O–H groups in total. The van der Waals surface area contributed by atoms with E-state index in [0.717, 1.165) is 12.0 Å². The van der Waals surface area contributed by atoms with E-state index in [2.05, 4.69) is 0 Å². The number of carboxylic acids is 1. The number of aliphatic carboxylic acids is 1. The summed E-state index contributed by atoms with van der Waals surface area (Å²) in [5.74, 6) is -1.54. The highest BCUT2D eigenvalue weighted by molar-refractivity contribution is 5.78. The van der Waals surface area contributed by atoms with Crippen molar-refractivity contribution in [3.8, 4) is 0 Å². The van der Waals surface area contributed by atoms with Gasteiger partial charge in [0.2, 0.25) is 0 Å². The van der Waals surface area contributed by atoms with Gasteiger partial charge in [-0.2, -0.15) is 0 Å². The Balaban J connectivity index is 3.05. The van der Waals surface area contributed by atoms with Crippen LogP contribution in [-0.2, 0) is 4.79 Å². The van der Waals surface area contributed by atoms with Crippen molar-refractivity contribution in [1.82, 2.24) is 0 Å².